The summed E-state index contributed by atoms with van der Waals surface area (Å²) in [4.78, 5) is 18.4. The first-order valence-electron chi connectivity index (χ1n) is 6.41. The summed E-state index contributed by atoms with van der Waals surface area (Å²) in [5, 5.41) is 5.47. The summed E-state index contributed by atoms with van der Waals surface area (Å²) in [6.45, 7) is 5.20. The Morgan fingerprint density at radius 2 is 2.44 bits per heavy atom. The van der Waals surface area contributed by atoms with Crippen LogP contribution in [0.5, 0.6) is 0 Å². The molecule has 0 unspecified atom stereocenters. The standard InChI is InChI=1S/C12H20N4OS/c1-2-16(9-3-4-9)6-5-14-12(17)10-8-18-11(7-13)15-10/h8-9H,2-7,13H2,1H3,(H,14,17). The highest BCUT2D eigenvalue weighted by Crippen LogP contribution is 2.25. The van der Waals surface area contributed by atoms with Crippen molar-refractivity contribution in [3.8, 4) is 0 Å². The summed E-state index contributed by atoms with van der Waals surface area (Å²) < 4.78 is 0. The smallest absolute Gasteiger partial charge is 0.270 e. The highest BCUT2D eigenvalue weighted by Gasteiger charge is 2.27. The quantitative estimate of drug-likeness (QED) is 0.768. The fraction of sp³-hybridized carbons (Fsp3) is 0.667. The molecule has 6 heteroatoms. The normalized spacial score (nSPS) is 15.1. The molecule has 1 saturated carbocycles. The van der Waals surface area contributed by atoms with Gasteiger partial charge in [-0.05, 0) is 19.4 Å². The molecule has 1 fully saturated rings. The van der Waals surface area contributed by atoms with E-state index in [0.29, 0.717) is 18.8 Å². The van der Waals surface area contributed by atoms with Crippen LogP contribution in [0, 0.1) is 0 Å². The van der Waals surface area contributed by atoms with Crippen molar-refractivity contribution < 1.29 is 4.79 Å². The van der Waals surface area contributed by atoms with Crippen molar-refractivity contribution in [2.45, 2.75) is 32.4 Å². The molecule has 18 heavy (non-hydrogen) atoms. The van der Waals surface area contributed by atoms with Gasteiger partial charge < -0.3 is 11.1 Å². The van der Waals surface area contributed by atoms with Crippen LogP contribution >= 0.6 is 11.3 Å². The lowest BCUT2D eigenvalue weighted by Gasteiger charge is -2.19. The summed E-state index contributed by atoms with van der Waals surface area (Å²) in [6, 6.07) is 0.745. The molecule has 0 spiro atoms. The van der Waals surface area contributed by atoms with Gasteiger partial charge in [-0.1, -0.05) is 6.92 Å². The molecular weight excluding hydrogens is 248 g/mol. The minimum absolute atomic E-state index is 0.0993. The zero-order chi connectivity index (χ0) is 13.0. The zero-order valence-corrected chi connectivity index (χ0v) is 11.5. The number of rotatable bonds is 7. The number of aromatic nitrogens is 1. The van der Waals surface area contributed by atoms with E-state index in [1.807, 2.05) is 0 Å². The topological polar surface area (TPSA) is 71.2 Å². The maximum absolute atomic E-state index is 11.8. The summed E-state index contributed by atoms with van der Waals surface area (Å²) in [7, 11) is 0. The van der Waals surface area contributed by atoms with E-state index in [0.717, 1.165) is 24.1 Å². The third kappa shape index (κ3) is 3.51. The molecule has 3 N–H and O–H groups in total. The highest BCUT2D eigenvalue weighted by molar-refractivity contribution is 7.09. The molecule has 0 aliphatic heterocycles. The first-order valence-corrected chi connectivity index (χ1v) is 7.29. The van der Waals surface area contributed by atoms with Crippen LogP contribution in [0.4, 0.5) is 0 Å². The molecule has 2 rings (SSSR count). The second-order valence-corrected chi connectivity index (χ2v) is 5.39. The molecule has 0 radical (unpaired) electrons. The number of carbonyl (C=O) groups excluding carboxylic acids is 1. The third-order valence-electron chi connectivity index (χ3n) is 3.11. The van der Waals surface area contributed by atoms with Crippen LogP contribution in [-0.2, 0) is 6.54 Å². The Morgan fingerprint density at radius 1 is 1.67 bits per heavy atom. The SMILES string of the molecule is CCN(CCNC(=O)c1csc(CN)n1)C1CC1. The molecule has 5 nitrogen and oxygen atoms in total. The molecule has 1 aromatic heterocycles. The van der Waals surface area contributed by atoms with E-state index in [2.05, 4.69) is 22.1 Å². The van der Waals surface area contributed by atoms with Crippen LogP contribution in [0.1, 0.15) is 35.3 Å². The molecular formula is C12H20N4OS. The number of hydrogen-bond acceptors (Lipinski definition) is 5. The molecule has 0 atom stereocenters. The van der Waals surface area contributed by atoms with Gasteiger partial charge in [0.25, 0.3) is 5.91 Å². The second kappa shape index (κ2) is 6.26. The first kappa shape index (κ1) is 13.5. The van der Waals surface area contributed by atoms with Gasteiger partial charge in [-0.3, -0.25) is 9.69 Å². The molecule has 100 valence electrons. The molecule has 1 aliphatic rings. The van der Waals surface area contributed by atoms with Gasteiger partial charge in [0.1, 0.15) is 10.7 Å². The monoisotopic (exact) mass is 268 g/mol. The lowest BCUT2D eigenvalue weighted by Crippen LogP contribution is -2.36. The summed E-state index contributed by atoms with van der Waals surface area (Å²) in [6.07, 6.45) is 2.60. The average Bonchev–Trinajstić information content (AvgIpc) is 3.10. The Balaban J connectivity index is 1.73. The summed E-state index contributed by atoms with van der Waals surface area (Å²) >= 11 is 1.43. The van der Waals surface area contributed by atoms with Gasteiger partial charge in [-0.2, -0.15) is 0 Å². The van der Waals surface area contributed by atoms with E-state index in [1.165, 1.54) is 24.2 Å². The van der Waals surface area contributed by atoms with Crippen LogP contribution in [0.15, 0.2) is 5.38 Å². The number of amides is 1. The molecule has 1 aliphatic carbocycles. The number of likely N-dealkylation sites (N-methyl/N-ethyl adjacent to an activating group) is 1. The lowest BCUT2D eigenvalue weighted by molar-refractivity contribution is 0.0943. The summed E-state index contributed by atoms with van der Waals surface area (Å²) in [5.41, 5.74) is 5.95. The van der Waals surface area contributed by atoms with Gasteiger partial charge in [-0.25, -0.2) is 4.98 Å². The van der Waals surface area contributed by atoms with E-state index in [1.54, 1.807) is 5.38 Å². The van der Waals surface area contributed by atoms with E-state index >= 15 is 0 Å². The summed E-state index contributed by atoms with van der Waals surface area (Å²) in [5.74, 6) is -0.0993. The number of nitrogens with zero attached hydrogens (tertiary/aromatic N) is 2. The van der Waals surface area contributed by atoms with Crippen molar-refractivity contribution in [2.75, 3.05) is 19.6 Å². The van der Waals surface area contributed by atoms with Crippen molar-refractivity contribution in [1.82, 2.24) is 15.2 Å². The molecule has 0 saturated heterocycles. The number of thiazole rings is 1. The van der Waals surface area contributed by atoms with Gasteiger partial charge in [-0.15, -0.1) is 11.3 Å². The fourth-order valence-electron chi connectivity index (χ4n) is 1.95. The molecule has 0 bridgehead atoms. The Bertz CT molecular complexity index is 403. The Morgan fingerprint density at radius 3 is 3.00 bits per heavy atom. The maximum atomic E-state index is 11.8. The van der Waals surface area contributed by atoms with Gasteiger partial charge in [0.15, 0.2) is 0 Å². The molecule has 1 heterocycles. The Labute approximate surface area is 111 Å². The maximum Gasteiger partial charge on any atom is 0.270 e. The molecule has 0 aromatic carbocycles. The Kier molecular flexibility index (Phi) is 4.68. The van der Waals surface area contributed by atoms with Crippen molar-refractivity contribution in [3.05, 3.63) is 16.1 Å². The molecule has 1 amide bonds. The third-order valence-corrected chi connectivity index (χ3v) is 3.98. The first-order chi connectivity index (χ1) is 8.74. The number of nitrogens with one attached hydrogen (secondary N) is 1. The van der Waals surface area contributed by atoms with Gasteiger partial charge >= 0.3 is 0 Å². The van der Waals surface area contributed by atoms with E-state index in [9.17, 15) is 4.79 Å². The van der Waals surface area contributed by atoms with Crippen LogP contribution in [0.3, 0.4) is 0 Å². The second-order valence-electron chi connectivity index (χ2n) is 4.45. The van der Waals surface area contributed by atoms with Crippen molar-refractivity contribution in [1.29, 1.82) is 0 Å². The van der Waals surface area contributed by atoms with Gasteiger partial charge in [0.2, 0.25) is 0 Å². The van der Waals surface area contributed by atoms with Crippen molar-refractivity contribution >= 4 is 17.2 Å². The van der Waals surface area contributed by atoms with E-state index in [4.69, 9.17) is 5.73 Å². The van der Waals surface area contributed by atoms with Gasteiger partial charge in [0, 0.05) is 31.1 Å². The van der Waals surface area contributed by atoms with Crippen LogP contribution in [0.2, 0.25) is 0 Å². The van der Waals surface area contributed by atoms with E-state index in [-0.39, 0.29) is 5.91 Å². The Hall–Kier alpha value is -0.980. The predicted octanol–water partition coefficient (Wildman–Crippen LogP) is 0.816. The number of hydrogen-bond donors (Lipinski definition) is 2. The van der Waals surface area contributed by atoms with E-state index < -0.39 is 0 Å². The van der Waals surface area contributed by atoms with Gasteiger partial charge in [0.05, 0.1) is 0 Å². The number of carbonyl (C=O) groups is 1. The van der Waals surface area contributed by atoms with Crippen molar-refractivity contribution in [2.24, 2.45) is 5.73 Å². The lowest BCUT2D eigenvalue weighted by atomic mass is 10.4. The van der Waals surface area contributed by atoms with Crippen LogP contribution < -0.4 is 11.1 Å². The highest BCUT2D eigenvalue weighted by atomic mass is 32.1. The fourth-order valence-corrected chi connectivity index (χ4v) is 2.61. The zero-order valence-electron chi connectivity index (χ0n) is 10.7. The largest absolute Gasteiger partial charge is 0.349 e. The minimum atomic E-state index is -0.0993. The number of nitrogens with two attached hydrogens (primary N) is 1. The average molecular weight is 268 g/mol. The predicted molar refractivity (Wildman–Crippen MR) is 72.6 cm³/mol. The molecule has 1 aromatic rings. The van der Waals surface area contributed by atoms with Crippen LogP contribution in [0.25, 0.3) is 0 Å². The van der Waals surface area contributed by atoms with Crippen LogP contribution in [-0.4, -0.2) is 41.5 Å². The minimum Gasteiger partial charge on any atom is -0.349 e. The van der Waals surface area contributed by atoms with Crippen molar-refractivity contribution in [3.63, 3.8) is 0 Å².